The fraction of sp³-hybridized carbons (Fsp3) is 0.412. The minimum absolute atomic E-state index is 0.0901. The Bertz CT molecular complexity index is 915. The number of aromatic amines is 1. The highest BCUT2D eigenvalue weighted by molar-refractivity contribution is 6.04. The van der Waals surface area contributed by atoms with Gasteiger partial charge in [0.05, 0.1) is 18.7 Å². The van der Waals surface area contributed by atoms with Crippen LogP contribution in [0.3, 0.4) is 0 Å². The summed E-state index contributed by atoms with van der Waals surface area (Å²) in [7, 11) is 0. The fourth-order valence-corrected chi connectivity index (χ4v) is 3.19. The highest BCUT2D eigenvalue weighted by Gasteiger charge is 2.30. The Kier molecular flexibility index (Phi) is 3.96. The van der Waals surface area contributed by atoms with Crippen LogP contribution in [0, 0.1) is 6.92 Å². The number of fused-ring (bicyclic) bond motifs is 1. The summed E-state index contributed by atoms with van der Waals surface area (Å²) < 4.78 is 7.76. The number of amides is 1. The van der Waals surface area contributed by atoms with E-state index in [2.05, 4.69) is 20.4 Å². The molecule has 4 rings (SSSR count). The van der Waals surface area contributed by atoms with Gasteiger partial charge in [-0.2, -0.15) is 5.10 Å². The SMILES string of the molecule is CCn1cnnc1[C@H]1CN(C(=O)c2n[nH]c3ccc(C)cc23)CCO1. The number of aromatic nitrogens is 5. The van der Waals surface area contributed by atoms with Gasteiger partial charge in [0, 0.05) is 18.5 Å². The molecule has 3 heterocycles. The van der Waals surface area contributed by atoms with E-state index < -0.39 is 0 Å². The molecule has 1 aliphatic heterocycles. The molecule has 1 amide bonds. The highest BCUT2D eigenvalue weighted by Crippen LogP contribution is 2.24. The molecule has 130 valence electrons. The number of ether oxygens (including phenoxy) is 1. The van der Waals surface area contributed by atoms with Gasteiger partial charge in [-0.3, -0.25) is 9.89 Å². The predicted molar refractivity (Wildman–Crippen MR) is 91.1 cm³/mol. The van der Waals surface area contributed by atoms with Crippen molar-refractivity contribution in [3.63, 3.8) is 0 Å². The lowest BCUT2D eigenvalue weighted by molar-refractivity contribution is -0.0285. The first-order chi connectivity index (χ1) is 12.2. The van der Waals surface area contributed by atoms with Crippen molar-refractivity contribution in [1.29, 1.82) is 0 Å². The number of morpholine rings is 1. The van der Waals surface area contributed by atoms with Crippen LogP contribution in [0.15, 0.2) is 24.5 Å². The van der Waals surface area contributed by atoms with E-state index in [0.717, 1.165) is 28.8 Å². The Balaban J connectivity index is 1.60. The predicted octanol–water partition coefficient (Wildman–Crippen LogP) is 1.70. The van der Waals surface area contributed by atoms with E-state index in [1.165, 1.54) is 0 Å². The Morgan fingerprint density at radius 1 is 1.44 bits per heavy atom. The summed E-state index contributed by atoms with van der Waals surface area (Å²) in [5.41, 5.74) is 2.42. The van der Waals surface area contributed by atoms with Crippen LogP contribution in [0.2, 0.25) is 0 Å². The molecule has 3 aromatic rings. The smallest absolute Gasteiger partial charge is 0.275 e. The van der Waals surface area contributed by atoms with E-state index in [4.69, 9.17) is 4.74 Å². The summed E-state index contributed by atoms with van der Waals surface area (Å²) in [6, 6.07) is 5.93. The molecule has 8 nitrogen and oxygen atoms in total. The summed E-state index contributed by atoms with van der Waals surface area (Å²) in [5, 5.41) is 16.1. The number of nitrogens with one attached hydrogen (secondary N) is 1. The second-order valence-corrected chi connectivity index (χ2v) is 6.21. The van der Waals surface area contributed by atoms with Crippen molar-refractivity contribution in [1.82, 2.24) is 29.9 Å². The molecule has 1 fully saturated rings. The summed E-state index contributed by atoms with van der Waals surface area (Å²) in [6.07, 6.45) is 1.41. The second kappa shape index (κ2) is 6.29. The lowest BCUT2D eigenvalue weighted by atomic mass is 10.1. The normalized spacial score (nSPS) is 18.0. The number of benzene rings is 1. The van der Waals surface area contributed by atoms with Crippen LogP contribution in [-0.2, 0) is 11.3 Å². The van der Waals surface area contributed by atoms with Crippen molar-refractivity contribution < 1.29 is 9.53 Å². The molecule has 0 saturated carbocycles. The van der Waals surface area contributed by atoms with Crippen molar-refractivity contribution in [3.05, 3.63) is 41.6 Å². The van der Waals surface area contributed by atoms with Crippen LogP contribution in [-0.4, -0.2) is 55.5 Å². The number of nitrogens with zero attached hydrogens (tertiary/aromatic N) is 5. The van der Waals surface area contributed by atoms with Crippen LogP contribution in [0.1, 0.15) is 34.9 Å². The lowest BCUT2D eigenvalue weighted by Gasteiger charge is -2.32. The van der Waals surface area contributed by atoms with Gasteiger partial charge in [0.15, 0.2) is 11.5 Å². The molecule has 1 saturated heterocycles. The maximum Gasteiger partial charge on any atom is 0.275 e. The first-order valence-corrected chi connectivity index (χ1v) is 8.40. The van der Waals surface area contributed by atoms with E-state index in [1.54, 1.807) is 11.2 Å². The molecule has 0 bridgehead atoms. The molecular weight excluding hydrogens is 320 g/mol. The van der Waals surface area contributed by atoms with E-state index in [-0.39, 0.29) is 12.0 Å². The van der Waals surface area contributed by atoms with E-state index in [1.807, 2.05) is 36.6 Å². The molecule has 1 aromatic carbocycles. The van der Waals surface area contributed by atoms with Crippen LogP contribution in [0.5, 0.6) is 0 Å². The molecule has 1 N–H and O–H groups in total. The van der Waals surface area contributed by atoms with Gasteiger partial charge >= 0.3 is 0 Å². The lowest BCUT2D eigenvalue weighted by Crippen LogP contribution is -2.43. The minimum Gasteiger partial charge on any atom is -0.366 e. The van der Waals surface area contributed by atoms with Gasteiger partial charge in [-0.15, -0.1) is 10.2 Å². The third kappa shape index (κ3) is 2.78. The Morgan fingerprint density at radius 3 is 3.16 bits per heavy atom. The Labute approximate surface area is 144 Å². The van der Waals surface area contributed by atoms with E-state index in [9.17, 15) is 4.79 Å². The molecule has 0 radical (unpaired) electrons. The molecule has 0 spiro atoms. The summed E-state index contributed by atoms with van der Waals surface area (Å²) >= 11 is 0. The van der Waals surface area contributed by atoms with Crippen molar-refractivity contribution in [2.75, 3.05) is 19.7 Å². The van der Waals surface area contributed by atoms with E-state index >= 15 is 0 Å². The first kappa shape index (κ1) is 15.8. The van der Waals surface area contributed by atoms with Gasteiger partial charge in [-0.25, -0.2) is 0 Å². The van der Waals surface area contributed by atoms with Crippen molar-refractivity contribution in [2.24, 2.45) is 0 Å². The zero-order chi connectivity index (χ0) is 17.4. The average Bonchev–Trinajstić information content (AvgIpc) is 3.27. The van der Waals surface area contributed by atoms with E-state index in [0.29, 0.717) is 25.4 Å². The average molecular weight is 340 g/mol. The zero-order valence-corrected chi connectivity index (χ0v) is 14.3. The zero-order valence-electron chi connectivity index (χ0n) is 14.3. The minimum atomic E-state index is -0.271. The molecule has 0 unspecified atom stereocenters. The molecule has 1 atom stereocenters. The number of carbonyl (C=O) groups is 1. The highest BCUT2D eigenvalue weighted by atomic mass is 16.5. The molecule has 25 heavy (non-hydrogen) atoms. The largest absolute Gasteiger partial charge is 0.366 e. The number of hydrogen-bond acceptors (Lipinski definition) is 5. The van der Waals surface area contributed by atoms with Crippen molar-refractivity contribution >= 4 is 16.8 Å². The van der Waals surface area contributed by atoms with Gasteiger partial charge in [-0.1, -0.05) is 11.6 Å². The number of aryl methyl sites for hydroxylation is 2. The summed E-state index contributed by atoms with van der Waals surface area (Å²) in [6.45, 7) is 6.24. The standard InChI is InChI=1S/C17H20N6O2/c1-3-22-10-18-21-16(22)14-9-23(6-7-25-14)17(24)15-12-8-11(2)4-5-13(12)19-20-15/h4-5,8,10,14H,3,6-7,9H2,1-2H3,(H,19,20)/t14-/m1/s1. The number of carbonyl (C=O) groups excluding carboxylic acids is 1. The summed E-state index contributed by atoms with van der Waals surface area (Å²) in [5.74, 6) is 0.662. The quantitative estimate of drug-likeness (QED) is 0.784. The van der Waals surface area contributed by atoms with Crippen molar-refractivity contribution in [3.8, 4) is 0 Å². The monoisotopic (exact) mass is 340 g/mol. The number of H-pyrrole nitrogens is 1. The molecule has 8 heteroatoms. The third-order valence-electron chi connectivity index (χ3n) is 4.55. The van der Waals surface area contributed by atoms with Gasteiger partial charge in [-0.05, 0) is 26.0 Å². The fourth-order valence-electron chi connectivity index (χ4n) is 3.19. The van der Waals surface area contributed by atoms with Gasteiger partial charge in [0.25, 0.3) is 5.91 Å². The number of hydrogen-bond donors (Lipinski definition) is 1. The van der Waals surface area contributed by atoms with Crippen LogP contribution in [0.4, 0.5) is 0 Å². The van der Waals surface area contributed by atoms with Gasteiger partial charge in [0.2, 0.25) is 0 Å². The maximum absolute atomic E-state index is 13.0. The summed E-state index contributed by atoms with van der Waals surface area (Å²) in [4.78, 5) is 14.8. The molecule has 1 aliphatic rings. The molecule has 0 aliphatic carbocycles. The topological polar surface area (TPSA) is 88.9 Å². The first-order valence-electron chi connectivity index (χ1n) is 8.40. The van der Waals surface area contributed by atoms with Crippen molar-refractivity contribution in [2.45, 2.75) is 26.5 Å². The third-order valence-corrected chi connectivity index (χ3v) is 4.55. The number of rotatable bonds is 3. The second-order valence-electron chi connectivity index (χ2n) is 6.21. The molecule has 2 aromatic heterocycles. The maximum atomic E-state index is 13.0. The Morgan fingerprint density at radius 2 is 2.32 bits per heavy atom. The van der Waals surface area contributed by atoms with Gasteiger partial charge in [0.1, 0.15) is 12.4 Å². The molecular formula is C17H20N6O2. The van der Waals surface area contributed by atoms with Crippen LogP contribution < -0.4 is 0 Å². The van der Waals surface area contributed by atoms with Crippen LogP contribution >= 0.6 is 0 Å². The van der Waals surface area contributed by atoms with Crippen LogP contribution in [0.25, 0.3) is 10.9 Å². The van der Waals surface area contributed by atoms with Gasteiger partial charge < -0.3 is 14.2 Å². The Hall–Kier alpha value is -2.74.